The lowest BCUT2D eigenvalue weighted by atomic mass is 9.96. The Kier molecular flexibility index (Phi) is 11.4. The number of unbranched alkanes of at least 4 members (excludes halogenated alkanes) is 4. The molecule has 0 heterocycles. The summed E-state index contributed by atoms with van der Waals surface area (Å²) in [5.74, 6) is -1.70. The highest BCUT2D eigenvalue weighted by Gasteiger charge is 2.38. The van der Waals surface area contributed by atoms with Gasteiger partial charge in [0.2, 0.25) is 0 Å². The number of carbonyl (C=O) groups is 2. The van der Waals surface area contributed by atoms with Crippen molar-refractivity contribution in [1.82, 2.24) is 0 Å². The van der Waals surface area contributed by atoms with Crippen molar-refractivity contribution >= 4 is 24.6 Å². The third-order valence-corrected chi connectivity index (χ3v) is 3.67. The maximum atomic E-state index is 12.0. The number of aliphatic hydroxyl groups is 2. The Labute approximate surface area is 130 Å². The molecule has 0 aliphatic rings. The zero-order valence-electron chi connectivity index (χ0n) is 12.3. The van der Waals surface area contributed by atoms with Gasteiger partial charge in [-0.3, -0.25) is 9.59 Å². The lowest BCUT2D eigenvalue weighted by Gasteiger charge is -2.24. The summed E-state index contributed by atoms with van der Waals surface area (Å²) >= 11 is 4.24. The first-order valence-corrected chi connectivity index (χ1v) is 7.74. The van der Waals surface area contributed by atoms with Gasteiger partial charge in [-0.2, -0.15) is 12.6 Å². The Morgan fingerprint density at radius 2 is 1.52 bits per heavy atom. The van der Waals surface area contributed by atoms with Crippen LogP contribution < -0.4 is 0 Å². The van der Waals surface area contributed by atoms with E-state index >= 15 is 0 Å². The monoisotopic (exact) mass is 322 g/mol. The molecule has 0 rings (SSSR count). The maximum Gasteiger partial charge on any atom is 0.322 e. The summed E-state index contributed by atoms with van der Waals surface area (Å²) in [5.41, 5.74) is 0. The Hall–Kier alpha value is -0.790. The van der Waals surface area contributed by atoms with Gasteiger partial charge in [0.05, 0.1) is 13.0 Å². The predicted octanol–water partition coefficient (Wildman–Crippen LogP) is 1.39. The Balaban J connectivity index is 4.29. The van der Waals surface area contributed by atoms with Crippen molar-refractivity contribution in [1.29, 1.82) is 0 Å². The highest BCUT2D eigenvalue weighted by atomic mass is 32.1. The van der Waals surface area contributed by atoms with Crippen LogP contribution in [0.15, 0.2) is 0 Å². The first-order chi connectivity index (χ1) is 9.96. The van der Waals surface area contributed by atoms with E-state index in [0.29, 0.717) is 38.5 Å². The summed E-state index contributed by atoms with van der Waals surface area (Å²) in [5, 5.41) is 26.3. The number of thiol groups is 1. The molecule has 3 N–H and O–H groups in total. The normalized spacial score (nSPS) is 13.7. The second-order valence-corrected chi connectivity index (χ2v) is 5.91. The number of esters is 1. The minimum Gasteiger partial charge on any atom is -0.481 e. The molecule has 7 heteroatoms. The highest BCUT2D eigenvalue weighted by Crippen LogP contribution is 2.28. The van der Waals surface area contributed by atoms with E-state index in [1.54, 1.807) is 0 Å². The maximum absolute atomic E-state index is 12.0. The molecule has 124 valence electrons. The summed E-state index contributed by atoms with van der Waals surface area (Å²) in [7, 11) is 0. The molecule has 1 unspecified atom stereocenters. The third kappa shape index (κ3) is 9.71. The largest absolute Gasteiger partial charge is 0.481 e. The van der Waals surface area contributed by atoms with Crippen LogP contribution in [0.2, 0.25) is 0 Å². The predicted molar refractivity (Wildman–Crippen MR) is 81.4 cm³/mol. The minimum absolute atomic E-state index is 0.0772. The van der Waals surface area contributed by atoms with Gasteiger partial charge in [0.25, 0.3) is 0 Å². The number of hydrogen-bond donors (Lipinski definition) is 4. The van der Waals surface area contributed by atoms with Crippen LogP contribution in [0.5, 0.6) is 0 Å². The number of carboxylic acids is 1. The summed E-state index contributed by atoms with van der Waals surface area (Å²) in [6, 6.07) is 0. The third-order valence-electron chi connectivity index (χ3n) is 3.11. The number of rotatable bonds is 13. The molecular formula is C14H26O6S. The van der Waals surface area contributed by atoms with Crippen LogP contribution in [0.25, 0.3) is 0 Å². The van der Waals surface area contributed by atoms with Crippen LogP contribution in [0.3, 0.4) is 0 Å². The molecule has 0 aliphatic carbocycles. The molecule has 6 nitrogen and oxygen atoms in total. The molecule has 0 spiro atoms. The second kappa shape index (κ2) is 11.8. The zero-order chi connectivity index (χ0) is 16.1. The lowest BCUT2D eigenvalue weighted by molar-refractivity contribution is -0.151. The fourth-order valence-electron chi connectivity index (χ4n) is 1.91. The molecule has 0 saturated carbocycles. The van der Waals surface area contributed by atoms with E-state index in [2.05, 4.69) is 12.6 Å². The first-order valence-electron chi connectivity index (χ1n) is 7.29. The number of aliphatic carboxylic acids is 1. The molecule has 0 radical (unpaired) electrons. The number of aliphatic hydroxyl groups excluding tert-OH is 2. The molecule has 0 aromatic heterocycles. The van der Waals surface area contributed by atoms with Gasteiger partial charge in [-0.15, -0.1) is 0 Å². The van der Waals surface area contributed by atoms with Crippen molar-refractivity contribution < 1.29 is 29.6 Å². The summed E-state index contributed by atoms with van der Waals surface area (Å²) in [6.07, 6.45) is 3.89. The molecule has 0 saturated heterocycles. The molecular weight excluding hydrogens is 296 g/mol. The average molecular weight is 322 g/mol. The molecule has 0 aromatic carbocycles. The topological polar surface area (TPSA) is 104 Å². The average Bonchev–Trinajstić information content (AvgIpc) is 2.42. The van der Waals surface area contributed by atoms with Gasteiger partial charge >= 0.3 is 11.9 Å². The van der Waals surface area contributed by atoms with E-state index in [-0.39, 0.29) is 26.2 Å². The quantitative estimate of drug-likeness (QED) is 0.232. The summed E-state index contributed by atoms with van der Waals surface area (Å²) < 4.78 is 3.78. The van der Waals surface area contributed by atoms with E-state index < -0.39 is 16.7 Å². The van der Waals surface area contributed by atoms with E-state index in [0.717, 1.165) is 6.42 Å². The molecule has 1 atom stereocenters. The highest BCUT2D eigenvalue weighted by molar-refractivity contribution is 7.82. The van der Waals surface area contributed by atoms with E-state index in [9.17, 15) is 9.59 Å². The SMILES string of the molecule is O=C(O)CC(S)(CCCCCO)C(=O)OCCCCCO. The molecule has 0 fully saturated rings. The fraction of sp³-hybridized carbons (Fsp3) is 0.857. The molecule has 0 amide bonds. The fourth-order valence-corrected chi connectivity index (χ4v) is 2.27. The Morgan fingerprint density at radius 1 is 0.952 bits per heavy atom. The van der Waals surface area contributed by atoms with E-state index in [4.69, 9.17) is 20.1 Å². The second-order valence-electron chi connectivity index (χ2n) is 5.06. The van der Waals surface area contributed by atoms with Gasteiger partial charge in [0.15, 0.2) is 0 Å². The van der Waals surface area contributed by atoms with Gasteiger partial charge in [0, 0.05) is 13.2 Å². The molecule has 0 aromatic rings. The van der Waals surface area contributed by atoms with Gasteiger partial charge in [-0.05, 0) is 32.1 Å². The van der Waals surface area contributed by atoms with Crippen molar-refractivity contribution in [3.63, 3.8) is 0 Å². The Bertz CT molecular complexity index is 310. The van der Waals surface area contributed by atoms with Crippen molar-refractivity contribution in [2.24, 2.45) is 0 Å². The zero-order valence-corrected chi connectivity index (χ0v) is 13.2. The number of ether oxygens (including phenoxy) is 1. The number of hydrogen-bond acceptors (Lipinski definition) is 6. The lowest BCUT2D eigenvalue weighted by Crippen LogP contribution is -2.37. The van der Waals surface area contributed by atoms with Crippen molar-refractivity contribution in [3.05, 3.63) is 0 Å². The number of carboxylic acid groups (broad SMARTS) is 1. The van der Waals surface area contributed by atoms with Crippen LogP contribution in [-0.2, 0) is 14.3 Å². The van der Waals surface area contributed by atoms with Gasteiger partial charge in [-0.25, -0.2) is 0 Å². The van der Waals surface area contributed by atoms with Crippen molar-refractivity contribution in [3.8, 4) is 0 Å². The van der Waals surface area contributed by atoms with Gasteiger partial charge in [-0.1, -0.05) is 12.8 Å². The number of carbonyl (C=O) groups excluding carboxylic acids is 1. The summed E-state index contributed by atoms with van der Waals surface area (Å²) in [4.78, 5) is 22.9. The standard InChI is InChI=1S/C14H26O6S/c15-8-4-1-3-7-14(21,11-12(17)18)13(19)20-10-6-2-5-9-16/h15-16,21H,1-11H2,(H,17,18). The van der Waals surface area contributed by atoms with Crippen LogP contribution >= 0.6 is 12.6 Å². The van der Waals surface area contributed by atoms with Crippen molar-refractivity contribution in [2.75, 3.05) is 19.8 Å². The van der Waals surface area contributed by atoms with Gasteiger partial charge < -0.3 is 20.1 Å². The summed E-state index contributed by atoms with van der Waals surface area (Å²) in [6.45, 7) is 0.388. The smallest absolute Gasteiger partial charge is 0.322 e. The minimum atomic E-state index is -1.32. The van der Waals surface area contributed by atoms with Crippen LogP contribution in [0.1, 0.15) is 51.4 Å². The van der Waals surface area contributed by atoms with Crippen LogP contribution in [0, 0.1) is 0 Å². The van der Waals surface area contributed by atoms with Crippen molar-refractivity contribution in [2.45, 2.75) is 56.1 Å². The molecule has 21 heavy (non-hydrogen) atoms. The van der Waals surface area contributed by atoms with Crippen LogP contribution in [0.4, 0.5) is 0 Å². The molecule has 0 aliphatic heterocycles. The van der Waals surface area contributed by atoms with E-state index in [1.807, 2.05) is 0 Å². The molecule has 0 bridgehead atoms. The Morgan fingerprint density at radius 3 is 2.05 bits per heavy atom. The van der Waals surface area contributed by atoms with Crippen LogP contribution in [-0.4, -0.2) is 51.8 Å². The first kappa shape index (κ1) is 20.2. The van der Waals surface area contributed by atoms with E-state index in [1.165, 1.54) is 0 Å². The van der Waals surface area contributed by atoms with Gasteiger partial charge in [0.1, 0.15) is 4.75 Å².